The molecule has 42 heteroatoms. The second kappa shape index (κ2) is 41.7. The van der Waals surface area contributed by atoms with Crippen LogP contribution in [-0.2, 0) is 43.5 Å². The first-order chi connectivity index (χ1) is 57.8. The van der Waals surface area contributed by atoms with Gasteiger partial charge >= 0.3 is 11.9 Å². The molecule has 2 aliphatic heterocycles. The van der Waals surface area contributed by atoms with Gasteiger partial charge in [0, 0.05) is 109 Å². The molecule has 2 spiro atoms. The van der Waals surface area contributed by atoms with E-state index >= 15 is 0 Å². The van der Waals surface area contributed by atoms with Crippen LogP contribution in [0, 0.1) is 62.4 Å². The number of hydrogen-bond donors (Lipinski definition) is 7. The quantitative estimate of drug-likeness (QED) is 0.00930. The van der Waals surface area contributed by atoms with E-state index in [2.05, 4.69) is 92.0 Å². The number of ether oxygens (including phenoxy) is 2. The molecule has 121 heavy (non-hydrogen) atoms. The van der Waals surface area contributed by atoms with Gasteiger partial charge in [-0.25, -0.2) is 74.0 Å². The molecule has 15 rings (SSSR count). The maximum atomic E-state index is 14.9. The SMILES string of the molecule is CCOC(=O)C=C1CCCC(Nc2nc(Cl)ncc2F)C1.CCOC(=O)CC1(C[N+](=O)[O-])CCCC(Nc2nc(Cl)ncc2F)C1.Cc1ccc(S(=O)(=O)n2cc(-c3ncc(F)c(NC4CCCC5(CNC(=O)C5)C4)n3)c3cc(Cl)cnc32)cc1.O=C1CC2(CCCC(Nc3nc(Cl)ncc3F)C2)CN1.O=C1CCCC(Nc2nc(Cl)ncc2F)C1. The van der Waals surface area contributed by atoms with Crippen LogP contribution in [0.25, 0.3) is 22.4 Å². The van der Waals surface area contributed by atoms with Crippen LogP contribution in [0.5, 0.6) is 0 Å². The van der Waals surface area contributed by atoms with Gasteiger partial charge in [-0.05, 0) is 193 Å². The lowest BCUT2D eigenvalue weighted by Gasteiger charge is -2.37. The number of carbonyl (C=O) groups excluding carboxylic acids is 5. The number of rotatable bonds is 20. The van der Waals surface area contributed by atoms with E-state index in [-0.39, 0.29) is 151 Å². The number of pyridine rings is 1. The van der Waals surface area contributed by atoms with Gasteiger partial charge in [-0.3, -0.25) is 29.3 Å². The van der Waals surface area contributed by atoms with Crippen molar-refractivity contribution in [1.82, 2.24) is 69.4 Å². The van der Waals surface area contributed by atoms with Crippen LogP contribution in [0.3, 0.4) is 0 Å². The van der Waals surface area contributed by atoms with E-state index < -0.39 is 55.4 Å². The zero-order chi connectivity index (χ0) is 86.8. The number of aromatic nitrogens is 12. The van der Waals surface area contributed by atoms with Crippen LogP contribution in [0.2, 0.25) is 26.2 Å². The number of hydrogen-bond acceptors (Lipinski definition) is 27. The Labute approximate surface area is 718 Å². The molecule has 5 aliphatic carbocycles. The summed E-state index contributed by atoms with van der Waals surface area (Å²) in [5.74, 6) is -2.87. The number of anilines is 5. The Morgan fingerprint density at radius 1 is 0.587 bits per heavy atom. The molecule has 7 aromatic heterocycles. The Kier molecular flexibility index (Phi) is 31.7. The Morgan fingerprint density at radius 3 is 1.50 bits per heavy atom. The third-order valence-electron chi connectivity index (χ3n) is 21.9. The highest BCUT2D eigenvalue weighted by atomic mass is 35.5. The minimum Gasteiger partial charge on any atom is -0.466 e. The maximum absolute atomic E-state index is 14.9. The van der Waals surface area contributed by atoms with E-state index in [0.29, 0.717) is 86.9 Å². The molecule has 9 heterocycles. The predicted octanol–water partition coefficient (Wildman–Crippen LogP) is 15.0. The molecule has 7 aliphatic rings. The van der Waals surface area contributed by atoms with Gasteiger partial charge in [-0.1, -0.05) is 54.1 Å². The number of nitrogens with zero attached hydrogens (tertiary/aromatic N) is 13. The summed E-state index contributed by atoms with van der Waals surface area (Å²) in [6.07, 6.45) is 25.9. The fourth-order valence-electron chi connectivity index (χ4n) is 16.5. The van der Waals surface area contributed by atoms with Gasteiger partial charge in [0.25, 0.3) is 10.0 Å². The van der Waals surface area contributed by atoms with Crippen molar-refractivity contribution in [2.75, 3.05) is 59.4 Å². The van der Waals surface area contributed by atoms with Crippen LogP contribution in [0.1, 0.15) is 167 Å². The van der Waals surface area contributed by atoms with Crippen molar-refractivity contribution in [1.29, 1.82) is 0 Å². The molecule has 7 N–H and O–H groups in total. The van der Waals surface area contributed by atoms with Crippen molar-refractivity contribution in [2.45, 2.75) is 204 Å². The van der Waals surface area contributed by atoms with Crippen LogP contribution in [0.15, 0.2) is 90.3 Å². The summed E-state index contributed by atoms with van der Waals surface area (Å²) in [5, 5.41) is 32.8. The number of benzene rings is 1. The monoisotopic (exact) mass is 1800 g/mol. The Hall–Kier alpha value is -9.95. The minimum atomic E-state index is -4.01. The smallest absolute Gasteiger partial charge is 0.330 e. The molecule has 5 saturated carbocycles. The number of nitrogens with one attached hydrogen (secondary N) is 7. The number of nitro groups is 1. The standard InChI is InChI=1S/C27H26ClFN6O3S.C15H20ClFN4O4.C14H17ClFN3O2.C13H16ClFN4O.C10H11ClFN3O/c1-16-4-6-19(7-5-16)39(37,38)35-14-21(20-9-17(28)12-31-26(20)35)24-30-13-22(29)25(34-24)33-18-3-2-8-27(10-18)11-23(36)32-15-27;1-2-25-12(22)7-15(9-21(23)24)5-3-4-10(6-15)19-13-11(17)8-18-14(16)20-13;1-2-21-12(20)7-9-4-3-5-10(6-9)18-13-11(16)8-17-14(15)19-13;14-12-16-6-9(15)11(19-12)18-8-2-1-3-13(4-8)5-10(20)17-7-13;11-10-13-5-8(12)9(15-10)14-6-2-1-3-7(16)4-6/h4-7,9,12-14,18H,2-3,8,10-11,15H2,1H3,(H,32,36)(H,30,33,34);8,10H,2-7,9H2,1H3,(H,18,19,20);7-8,10H,2-6H2,1H3,(H,17,18,19);6,8H,1-5,7H2,(H,17,20)(H,16,18,19);5-6H,1-4H2,(H,13,14,15). The van der Waals surface area contributed by atoms with Gasteiger partial charge in [0.2, 0.25) is 39.5 Å². The maximum Gasteiger partial charge on any atom is 0.330 e. The average Bonchev–Trinajstić information content (AvgIpc) is 1.59. The van der Waals surface area contributed by atoms with Crippen molar-refractivity contribution in [3.63, 3.8) is 0 Å². The highest BCUT2D eigenvalue weighted by Gasteiger charge is 2.46. The largest absolute Gasteiger partial charge is 0.466 e. The van der Waals surface area contributed by atoms with Crippen LogP contribution in [-0.4, -0.2) is 165 Å². The lowest BCUT2D eigenvalue weighted by atomic mass is 9.70. The molecule has 7 fully saturated rings. The lowest BCUT2D eigenvalue weighted by molar-refractivity contribution is -0.499. The number of ketones is 1. The number of amides is 2. The van der Waals surface area contributed by atoms with Gasteiger partial charge < -0.3 is 46.7 Å². The summed E-state index contributed by atoms with van der Waals surface area (Å²) < 4.78 is 107. The number of halogens is 10. The Balaban J connectivity index is 0.000000154. The summed E-state index contributed by atoms with van der Waals surface area (Å²) in [6, 6.07) is 7.84. The lowest BCUT2D eigenvalue weighted by Crippen LogP contribution is -2.42. The number of esters is 2. The second-order valence-corrected chi connectivity index (χ2v) is 34.7. The van der Waals surface area contributed by atoms with Gasteiger partial charge in [-0.2, -0.15) is 19.9 Å². The van der Waals surface area contributed by atoms with Gasteiger partial charge in [0.1, 0.15) is 5.78 Å². The first-order valence-electron chi connectivity index (χ1n) is 39.5. The Bertz CT molecular complexity index is 5240. The first kappa shape index (κ1) is 91.8. The van der Waals surface area contributed by atoms with Crippen molar-refractivity contribution >= 4 is 138 Å². The van der Waals surface area contributed by atoms with Crippen molar-refractivity contribution < 1.29 is 68.7 Å². The first-order valence-corrected chi connectivity index (χ1v) is 42.8. The summed E-state index contributed by atoms with van der Waals surface area (Å²) >= 11 is 28.8. The molecule has 0 radical (unpaired) electrons. The number of carbonyl (C=O) groups is 5. The van der Waals surface area contributed by atoms with Crippen LogP contribution in [0.4, 0.5) is 51.0 Å². The highest BCUT2D eigenvalue weighted by Crippen LogP contribution is 2.46. The van der Waals surface area contributed by atoms with Crippen molar-refractivity contribution in [2.24, 2.45) is 16.2 Å². The summed E-state index contributed by atoms with van der Waals surface area (Å²) in [5.41, 5.74) is 1.50. The van der Waals surface area contributed by atoms with Gasteiger partial charge in [0.15, 0.2) is 69.6 Å². The van der Waals surface area contributed by atoms with Gasteiger partial charge in [0.05, 0.1) is 60.5 Å². The zero-order valence-corrected chi connectivity index (χ0v) is 70.8. The number of aryl methyl sites for hydroxylation is 1. The van der Waals surface area contributed by atoms with Crippen molar-refractivity contribution in [3.05, 3.63) is 156 Å². The molecular weight excluding hydrogens is 1710 g/mol. The summed E-state index contributed by atoms with van der Waals surface area (Å²) in [4.78, 5) is 111. The van der Waals surface area contributed by atoms with Crippen LogP contribution < -0.4 is 37.2 Å². The normalized spacial score (nSPS) is 22.8. The molecule has 1 aromatic carbocycles. The fraction of sp³-hybridized carbons (Fsp3) is 0.494. The number of Topliss-reactive ketones (excluding diaryl/α,β-unsaturated/α-hetero) is 1. The molecule has 8 unspecified atom stereocenters. The topological polar surface area (TPSA) is 412 Å². The molecule has 2 saturated heterocycles. The minimum absolute atomic E-state index is 0.00278. The molecule has 0 bridgehead atoms. The third-order valence-corrected chi connectivity index (χ3v) is 24.5. The van der Waals surface area contributed by atoms with E-state index in [0.717, 1.165) is 136 Å². The van der Waals surface area contributed by atoms with E-state index in [1.807, 2.05) is 6.92 Å². The van der Waals surface area contributed by atoms with E-state index in [4.69, 9.17) is 67.5 Å². The second-order valence-electron chi connectivity index (χ2n) is 31.1. The summed E-state index contributed by atoms with van der Waals surface area (Å²) in [7, 11) is -4.01. The average molecular weight is 1800 g/mol. The number of fused-ring (bicyclic) bond motifs is 1. The Morgan fingerprint density at radius 2 is 1.03 bits per heavy atom. The molecule has 8 aromatic rings. The van der Waals surface area contributed by atoms with E-state index in [1.165, 1.54) is 30.6 Å². The molecule has 648 valence electrons. The zero-order valence-electron chi connectivity index (χ0n) is 66.2. The third kappa shape index (κ3) is 25.6. The van der Waals surface area contributed by atoms with Crippen LogP contribution >= 0.6 is 58.0 Å². The predicted molar refractivity (Wildman–Crippen MR) is 442 cm³/mol. The molecule has 8 atom stereocenters. The molecular formula is C79H90Cl5F5N20O11S. The fourth-order valence-corrected chi connectivity index (χ4v) is 18.5. The molecule has 2 amide bonds. The van der Waals surface area contributed by atoms with E-state index in [9.17, 15) is 64.5 Å². The highest BCUT2D eigenvalue weighted by molar-refractivity contribution is 7.90. The van der Waals surface area contributed by atoms with Crippen molar-refractivity contribution in [3.8, 4) is 11.4 Å². The summed E-state index contributed by atoms with van der Waals surface area (Å²) in [6.45, 7) is 6.92. The van der Waals surface area contributed by atoms with Gasteiger partial charge in [-0.15, -0.1) is 0 Å². The van der Waals surface area contributed by atoms with E-state index in [1.54, 1.807) is 32.0 Å². The molecule has 31 nitrogen and oxygen atoms in total.